The number of rotatable bonds is 9. The van der Waals surface area contributed by atoms with Crippen LogP contribution >= 0.6 is 0 Å². The average molecular weight is 603 g/mol. The van der Waals surface area contributed by atoms with Gasteiger partial charge in [0.15, 0.2) is 0 Å². The summed E-state index contributed by atoms with van der Waals surface area (Å²) in [7, 11) is 0. The number of para-hydroxylation sites is 1. The molecule has 1 aromatic heterocycles. The predicted octanol–water partition coefficient (Wildman–Crippen LogP) is 6.30. The molecule has 11 heteroatoms. The maximum absolute atomic E-state index is 13.5. The van der Waals surface area contributed by atoms with Gasteiger partial charge in [-0.3, -0.25) is 9.80 Å². The van der Waals surface area contributed by atoms with Crippen LogP contribution in [0.3, 0.4) is 0 Å². The standard InChI is InChI=1S/C32H32F6N4O/c33-31(34,35)26-13-7-12-24-25(20-28(32(36,37)38)40-29(24)26)27(43)21-39-14-15-41-16-18-42(19-17-41)30(22-8-3-1-4-9-22)23-10-5-2-6-11-23/h1-13,20,27,30,39,43H,14-19,21H2/t27-/m0/s1. The van der Waals surface area contributed by atoms with Gasteiger partial charge in [0.25, 0.3) is 0 Å². The van der Waals surface area contributed by atoms with Crippen LogP contribution in [0.1, 0.15) is 40.1 Å². The monoisotopic (exact) mass is 602 g/mol. The maximum Gasteiger partial charge on any atom is 0.433 e. The van der Waals surface area contributed by atoms with Crippen LogP contribution in [0.15, 0.2) is 84.9 Å². The van der Waals surface area contributed by atoms with E-state index in [0.717, 1.165) is 32.2 Å². The number of piperazine rings is 1. The molecule has 0 amide bonds. The normalized spacial score (nSPS) is 16.2. The third-order valence-electron chi connectivity index (χ3n) is 7.77. The van der Waals surface area contributed by atoms with Gasteiger partial charge in [0.1, 0.15) is 5.69 Å². The lowest BCUT2D eigenvalue weighted by Gasteiger charge is -2.40. The second-order valence-electron chi connectivity index (χ2n) is 10.6. The smallest absolute Gasteiger partial charge is 0.387 e. The molecule has 1 fully saturated rings. The molecule has 1 aliphatic heterocycles. The first-order valence-corrected chi connectivity index (χ1v) is 14.1. The fourth-order valence-corrected chi connectivity index (χ4v) is 5.64. The van der Waals surface area contributed by atoms with Gasteiger partial charge in [-0.25, -0.2) is 4.98 Å². The number of nitrogens with one attached hydrogen (secondary N) is 1. The van der Waals surface area contributed by atoms with Crippen LogP contribution < -0.4 is 5.32 Å². The van der Waals surface area contributed by atoms with E-state index in [1.165, 1.54) is 17.2 Å². The van der Waals surface area contributed by atoms with Gasteiger partial charge in [0, 0.05) is 51.2 Å². The quantitative estimate of drug-likeness (QED) is 0.174. The minimum absolute atomic E-state index is 0.128. The van der Waals surface area contributed by atoms with Crippen molar-refractivity contribution in [3.05, 3.63) is 113 Å². The summed E-state index contributed by atoms with van der Waals surface area (Å²) in [5.41, 5.74) is -1.40. The number of hydrogen-bond donors (Lipinski definition) is 2. The Balaban J connectivity index is 1.20. The van der Waals surface area contributed by atoms with E-state index in [0.29, 0.717) is 25.2 Å². The summed E-state index contributed by atoms with van der Waals surface area (Å²) in [6, 6.07) is 24.5. The van der Waals surface area contributed by atoms with Crippen LogP contribution in [0.5, 0.6) is 0 Å². The number of benzene rings is 3. The average Bonchev–Trinajstić information content (AvgIpc) is 2.99. The van der Waals surface area contributed by atoms with Gasteiger partial charge in [0.2, 0.25) is 0 Å². The summed E-state index contributed by atoms with van der Waals surface area (Å²) in [6.07, 6.45) is -11.3. The minimum atomic E-state index is -4.98. The van der Waals surface area contributed by atoms with Crippen LogP contribution in [-0.2, 0) is 12.4 Å². The molecule has 3 aromatic carbocycles. The number of fused-ring (bicyclic) bond motifs is 1. The van der Waals surface area contributed by atoms with Crippen molar-refractivity contribution >= 4 is 10.9 Å². The number of halogens is 6. The highest BCUT2D eigenvalue weighted by molar-refractivity contribution is 5.86. The zero-order valence-electron chi connectivity index (χ0n) is 23.2. The molecule has 1 saturated heterocycles. The zero-order chi connectivity index (χ0) is 30.6. The number of nitrogens with zero attached hydrogens (tertiary/aromatic N) is 3. The first-order valence-electron chi connectivity index (χ1n) is 14.1. The first-order chi connectivity index (χ1) is 20.5. The van der Waals surface area contributed by atoms with Gasteiger partial charge >= 0.3 is 12.4 Å². The summed E-state index contributed by atoms with van der Waals surface area (Å²) in [6.45, 7) is 4.25. The lowest BCUT2D eigenvalue weighted by Crippen LogP contribution is -2.49. The van der Waals surface area contributed by atoms with Crippen molar-refractivity contribution in [2.24, 2.45) is 0 Å². The molecule has 0 saturated carbocycles. The summed E-state index contributed by atoms with van der Waals surface area (Å²) < 4.78 is 81.2. The minimum Gasteiger partial charge on any atom is -0.387 e. The lowest BCUT2D eigenvalue weighted by molar-refractivity contribution is -0.142. The third kappa shape index (κ3) is 7.35. The molecular weight excluding hydrogens is 570 g/mol. The summed E-state index contributed by atoms with van der Waals surface area (Å²) in [4.78, 5) is 7.99. The van der Waals surface area contributed by atoms with E-state index in [4.69, 9.17) is 0 Å². The van der Waals surface area contributed by atoms with Crippen molar-refractivity contribution in [1.29, 1.82) is 0 Å². The molecule has 0 spiro atoms. The molecular formula is C32H32F6N4O. The third-order valence-corrected chi connectivity index (χ3v) is 7.77. The molecule has 1 atom stereocenters. The molecule has 0 bridgehead atoms. The van der Waals surface area contributed by atoms with Crippen LogP contribution in [-0.4, -0.2) is 65.7 Å². The number of alkyl halides is 6. The van der Waals surface area contributed by atoms with Gasteiger partial charge in [-0.1, -0.05) is 72.8 Å². The summed E-state index contributed by atoms with van der Waals surface area (Å²) >= 11 is 0. The Kier molecular flexibility index (Phi) is 9.36. The van der Waals surface area contributed by atoms with Gasteiger partial charge in [-0.2, -0.15) is 26.3 Å². The zero-order valence-corrected chi connectivity index (χ0v) is 23.2. The van der Waals surface area contributed by atoms with Crippen LogP contribution in [0.4, 0.5) is 26.3 Å². The maximum atomic E-state index is 13.5. The lowest BCUT2D eigenvalue weighted by atomic mass is 9.96. The van der Waals surface area contributed by atoms with E-state index < -0.39 is 35.2 Å². The number of hydrogen-bond acceptors (Lipinski definition) is 5. The van der Waals surface area contributed by atoms with Crippen molar-refractivity contribution < 1.29 is 31.4 Å². The Labute approximate surface area is 245 Å². The molecule has 5 nitrogen and oxygen atoms in total. The molecule has 43 heavy (non-hydrogen) atoms. The Morgan fingerprint density at radius 3 is 1.93 bits per heavy atom. The van der Waals surface area contributed by atoms with Crippen molar-refractivity contribution in [2.45, 2.75) is 24.5 Å². The van der Waals surface area contributed by atoms with Crippen LogP contribution in [0.25, 0.3) is 10.9 Å². The van der Waals surface area contributed by atoms with Crippen molar-refractivity contribution in [1.82, 2.24) is 20.1 Å². The molecule has 4 aromatic rings. The van der Waals surface area contributed by atoms with Gasteiger partial charge in [-0.05, 0) is 28.8 Å². The van der Waals surface area contributed by atoms with E-state index in [9.17, 15) is 31.4 Å². The second kappa shape index (κ2) is 13.0. The molecule has 5 rings (SSSR count). The van der Waals surface area contributed by atoms with Gasteiger partial charge in [0.05, 0.1) is 23.2 Å². The van der Waals surface area contributed by atoms with Gasteiger partial charge < -0.3 is 10.4 Å². The highest BCUT2D eigenvalue weighted by atomic mass is 19.4. The predicted molar refractivity (Wildman–Crippen MR) is 152 cm³/mol. The Morgan fingerprint density at radius 1 is 0.767 bits per heavy atom. The number of pyridine rings is 1. The molecule has 2 N–H and O–H groups in total. The highest BCUT2D eigenvalue weighted by Gasteiger charge is 2.38. The van der Waals surface area contributed by atoms with E-state index >= 15 is 0 Å². The molecule has 0 radical (unpaired) electrons. The van der Waals surface area contributed by atoms with Crippen molar-refractivity contribution in [3.63, 3.8) is 0 Å². The van der Waals surface area contributed by atoms with Gasteiger partial charge in [-0.15, -0.1) is 0 Å². The molecule has 2 heterocycles. The number of aromatic nitrogens is 1. The molecule has 228 valence electrons. The van der Waals surface area contributed by atoms with Crippen LogP contribution in [0, 0.1) is 0 Å². The topological polar surface area (TPSA) is 51.6 Å². The van der Waals surface area contributed by atoms with Crippen molar-refractivity contribution in [3.8, 4) is 0 Å². The SMILES string of the molecule is O[C@@H](CNCCN1CCN(C(c2ccccc2)c2ccccc2)CC1)c1cc(C(F)(F)F)nc2c(C(F)(F)F)cccc12. The van der Waals surface area contributed by atoms with E-state index in [2.05, 4.69) is 44.4 Å². The highest BCUT2D eigenvalue weighted by Crippen LogP contribution is 2.39. The Bertz CT molecular complexity index is 1450. The summed E-state index contributed by atoms with van der Waals surface area (Å²) in [5.74, 6) is 0. The van der Waals surface area contributed by atoms with E-state index in [1.807, 2.05) is 36.4 Å². The number of aliphatic hydroxyl groups is 1. The Hall–Kier alpha value is -3.51. The van der Waals surface area contributed by atoms with Crippen molar-refractivity contribution in [2.75, 3.05) is 45.8 Å². The van der Waals surface area contributed by atoms with Crippen LogP contribution in [0.2, 0.25) is 0 Å². The fourth-order valence-electron chi connectivity index (χ4n) is 5.64. The number of aliphatic hydroxyl groups excluding tert-OH is 1. The molecule has 1 aliphatic rings. The Morgan fingerprint density at radius 2 is 1.37 bits per heavy atom. The summed E-state index contributed by atoms with van der Waals surface area (Å²) in [5, 5.41) is 13.7. The largest absolute Gasteiger partial charge is 0.433 e. The van der Waals surface area contributed by atoms with E-state index in [-0.39, 0.29) is 23.5 Å². The molecule has 0 aliphatic carbocycles. The molecule has 0 unspecified atom stereocenters. The second-order valence-corrected chi connectivity index (χ2v) is 10.6. The van der Waals surface area contributed by atoms with E-state index in [1.54, 1.807) is 0 Å². The first kappa shape index (κ1) is 30.9. The fraction of sp³-hybridized carbons (Fsp3) is 0.344.